The average Bonchev–Trinajstić information content (AvgIpc) is 2.39. The average molecular weight is 350 g/mol. The van der Waals surface area contributed by atoms with Crippen LogP contribution in [0.3, 0.4) is 0 Å². The van der Waals surface area contributed by atoms with Gasteiger partial charge in [-0.15, -0.1) is 24.8 Å². The van der Waals surface area contributed by atoms with Gasteiger partial charge in [-0.3, -0.25) is 0 Å². The number of nitrogens with two attached hydrogens (primary N) is 1. The number of rotatable bonds is 8. The predicted molar refractivity (Wildman–Crippen MR) is 97.4 cm³/mol. The summed E-state index contributed by atoms with van der Waals surface area (Å²) in [6.07, 6.45) is 7.46. The molecule has 1 fully saturated rings. The molecule has 0 saturated heterocycles. The van der Waals surface area contributed by atoms with Crippen molar-refractivity contribution in [3.05, 3.63) is 18.1 Å². The molecule has 5 nitrogen and oxygen atoms in total. The minimum atomic E-state index is 0. The monoisotopic (exact) mass is 349 g/mol. The topological polar surface area (TPSA) is 67.1 Å². The second kappa shape index (κ2) is 11.0. The Labute approximate surface area is 146 Å². The van der Waals surface area contributed by atoms with Crippen LogP contribution in [-0.2, 0) is 0 Å². The van der Waals surface area contributed by atoms with E-state index in [-0.39, 0.29) is 24.8 Å². The van der Waals surface area contributed by atoms with Gasteiger partial charge >= 0.3 is 0 Å². The zero-order valence-electron chi connectivity index (χ0n) is 13.5. The van der Waals surface area contributed by atoms with Crippen LogP contribution in [0.15, 0.2) is 12.4 Å². The molecule has 0 spiro atoms. The first-order valence-electron chi connectivity index (χ1n) is 7.61. The van der Waals surface area contributed by atoms with Gasteiger partial charge in [0.15, 0.2) is 0 Å². The fraction of sp³-hybridized carbons (Fsp3) is 0.733. The van der Waals surface area contributed by atoms with Gasteiger partial charge in [0, 0.05) is 30.3 Å². The molecular formula is C15H29Cl2N5. The summed E-state index contributed by atoms with van der Waals surface area (Å²) in [5.41, 5.74) is 6.97. The maximum Gasteiger partial charge on any atom is 0.129 e. The van der Waals surface area contributed by atoms with Gasteiger partial charge in [0.05, 0.1) is 0 Å². The number of anilines is 1. The molecule has 128 valence electrons. The highest BCUT2D eigenvalue weighted by Crippen LogP contribution is 2.34. The third-order valence-electron chi connectivity index (χ3n) is 3.87. The third kappa shape index (κ3) is 7.09. The van der Waals surface area contributed by atoms with Crippen LogP contribution in [0.2, 0.25) is 0 Å². The van der Waals surface area contributed by atoms with Gasteiger partial charge < -0.3 is 16.0 Å². The Kier molecular flexibility index (Phi) is 10.7. The highest BCUT2D eigenvalue weighted by Gasteiger charge is 2.28. The SMILES string of the molecule is CN(C)CCCCCNc1cc(C2CC(N)C2)ncn1.Cl.Cl. The summed E-state index contributed by atoms with van der Waals surface area (Å²) < 4.78 is 0. The van der Waals surface area contributed by atoms with Crippen LogP contribution in [0.1, 0.15) is 43.7 Å². The number of aromatic nitrogens is 2. The summed E-state index contributed by atoms with van der Waals surface area (Å²) in [7, 11) is 4.24. The second-order valence-corrected chi connectivity index (χ2v) is 6.05. The van der Waals surface area contributed by atoms with Crippen molar-refractivity contribution in [2.24, 2.45) is 5.73 Å². The lowest BCUT2D eigenvalue weighted by atomic mass is 9.79. The van der Waals surface area contributed by atoms with Crippen LogP contribution < -0.4 is 11.1 Å². The van der Waals surface area contributed by atoms with Crippen molar-refractivity contribution in [3.8, 4) is 0 Å². The van der Waals surface area contributed by atoms with Gasteiger partial charge in [0.2, 0.25) is 0 Å². The quantitative estimate of drug-likeness (QED) is 0.706. The second-order valence-electron chi connectivity index (χ2n) is 6.05. The molecule has 1 aliphatic rings. The molecule has 1 saturated carbocycles. The first-order valence-corrected chi connectivity index (χ1v) is 7.61. The number of halogens is 2. The first-order chi connectivity index (χ1) is 9.65. The Hall–Kier alpha value is -0.620. The Balaban J connectivity index is 0.00000220. The fourth-order valence-electron chi connectivity index (χ4n) is 2.54. The molecule has 1 aliphatic carbocycles. The van der Waals surface area contributed by atoms with Crippen molar-refractivity contribution in [3.63, 3.8) is 0 Å². The van der Waals surface area contributed by atoms with Crippen molar-refractivity contribution in [1.82, 2.24) is 14.9 Å². The van der Waals surface area contributed by atoms with E-state index in [2.05, 4.69) is 40.3 Å². The molecule has 0 aromatic carbocycles. The van der Waals surface area contributed by atoms with E-state index >= 15 is 0 Å². The standard InChI is InChI=1S/C15H27N5.2ClH/c1-20(2)7-5-3-4-6-17-15-10-14(18-11-19-15)12-8-13(16)9-12;;/h10-13H,3-9,16H2,1-2H3,(H,17,18,19);2*1H. The van der Waals surface area contributed by atoms with Gasteiger partial charge in [-0.2, -0.15) is 0 Å². The molecule has 22 heavy (non-hydrogen) atoms. The Morgan fingerprint density at radius 3 is 2.55 bits per heavy atom. The number of nitrogens with one attached hydrogen (secondary N) is 1. The molecule has 0 amide bonds. The lowest BCUT2D eigenvalue weighted by molar-refractivity contribution is 0.345. The van der Waals surface area contributed by atoms with E-state index in [0.717, 1.165) is 30.9 Å². The number of hydrogen-bond acceptors (Lipinski definition) is 5. The lowest BCUT2D eigenvalue weighted by Crippen LogP contribution is -2.35. The Bertz CT molecular complexity index is 411. The van der Waals surface area contributed by atoms with Crippen molar-refractivity contribution in [2.75, 3.05) is 32.5 Å². The molecular weight excluding hydrogens is 321 g/mol. The van der Waals surface area contributed by atoms with Crippen molar-refractivity contribution < 1.29 is 0 Å². The van der Waals surface area contributed by atoms with Gasteiger partial charge in [-0.1, -0.05) is 6.42 Å². The molecule has 1 aromatic rings. The van der Waals surface area contributed by atoms with Gasteiger partial charge in [-0.05, 0) is 46.3 Å². The van der Waals surface area contributed by atoms with Crippen LogP contribution in [0, 0.1) is 0 Å². The molecule has 1 heterocycles. The third-order valence-corrected chi connectivity index (χ3v) is 3.87. The van der Waals surface area contributed by atoms with Crippen LogP contribution in [0.25, 0.3) is 0 Å². The molecule has 1 aromatic heterocycles. The summed E-state index contributed by atoms with van der Waals surface area (Å²) in [6.45, 7) is 2.15. The minimum Gasteiger partial charge on any atom is -0.370 e. The molecule has 2 rings (SSSR count). The highest BCUT2D eigenvalue weighted by atomic mass is 35.5. The molecule has 0 atom stereocenters. The first kappa shape index (κ1) is 21.4. The molecule has 0 radical (unpaired) electrons. The summed E-state index contributed by atoms with van der Waals surface area (Å²) >= 11 is 0. The Morgan fingerprint density at radius 1 is 1.18 bits per heavy atom. The highest BCUT2D eigenvalue weighted by molar-refractivity contribution is 5.85. The van der Waals surface area contributed by atoms with Crippen molar-refractivity contribution >= 4 is 30.6 Å². The predicted octanol–water partition coefficient (Wildman–Crippen LogP) is 2.67. The zero-order chi connectivity index (χ0) is 14.4. The fourth-order valence-corrected chi connectivity index (χ4v) is 2.54. The number of hydrogen-bond donors (Lipinski definition) is 2. The van der Waals surface area contributed by atoms with Crippen molar-refractivity contribution in [1.29, 1.82) is 0 Å². The normalized spacial score (nSPS) is 19.8. The van der Waals surface area contributed by atoms with Crippen molar-refractivity contribution in [2.45, 2.75) is 44.1 Å². The molecule has 0 aliphatic heterocycles. The van der Waals surface area contributed by atoms with Crippen LogP contribution in [0.5, 0.6) is 0 Å². The van der Waals surface area contributed by atoms with Gasteiger partial charge in [0.1, 0.15) is 12.1 Å². The molecule has 0 unspecified atom stereocenters. The maximum absolute atomic E-state index is 5.83. The van der Waals surface area contributed by atoms with E-state index < -0.39 is 0 Å². The van der Waals surface area contributed by atoms with E-state index in [4.69, 9.17) is 5.73 Å². The van der Waals surface area contributed by atoms with E-state index in [1.807, 2.05) is 0 Å². The van der Waals surface area contributed by atoms with Crippen LogP contribution in [-0.4, -0.2) is 48.1 Å². The summed E-state index contributed by atoms with van der Waals surface area (Å²) in [4.78, 5) is 10.9. The smallest absolute Gasteiger partial charge is 0.129 e. The summed E-state index contributed by atoms with van der Waals surface area (Å²) in [6, 6.07) is 2.44. The van der Waals surface area contributed by atoms with E-state index in [1.54, 1.807) is 6.33 Å². The summed E-state index contributed by atoms with van der Waals surface area (Å²) in [5.74, 6) is 1.48. The van der Waals surface area contributed by atoms with E-state index in [9.17, 15) is 0 Å². The minimum absolute atomic E-state index is 0. The van der Waals surface area contributed by atoms with E-state index in [1.165, 1.54) is 25.8 Å². The Morgan fingerprint density at radius 2 is 1.91 bits per heavy atom. The van der Waals surface area contributed by atoms with Crippen LogP contribution in [0.4, 0.5) is 5.82 Å². The molecule has 3 N–H and O–H groups in total. The summed E-state index contributed by atoms with van der Waals surface area (Å²) in [5, 5.41) is 3.39. The lowest BCUT2D eigenvalue weighted by Gasteiger charge is -2.31. The van der Waals surface area contributed by atoms with E-state index in [0.29, 0.717) is 12.0 Å². The van der Waals surface area contributed by atoms with Crippen LogP contribution >= 0.6 is 24.8 Å². The van der Waals surface area contributed by atoms with Gasteiger partial charge in [0.25, 0.3) is 0 Å². The zero-order valence-corrected chi connectivity index (χ0v) is 15.1. The number of unbranched alkanes of at least 4 members (excludes halogenated alkanes) is 2. The maximum atomic E-state index is 5.83. The number of nitrogens with zero attached hydrogens (tertiary/aromatic N) is 3. The molecule has 0 bridgehead atoms. The largest absolute Gasteiger partial charge is 0.370 e. The van der Waals surface area contributed by atoms with Gasteiger partial charge in [-0.25, -0.2) is 9.97 Å². The molecule has 7 heteroatoms.